The SMILES string of the molecule is CC#CCn1c(N(CCO)N=O)nc2c1c(=O)n(Cc1nc(C)c3ccccc3n1)c(=O)n2C. The third-order valence-corrected chi connectivity index (χ3v) is 5.41. The van der Waals surface area contributed by atoms with Gasteiger partial charge in [0, 0.05) is 18.1 Å². The van der Waals surface area contributed by atoms with Gasteiger partial charge in [-0.2, -0.15) is 9.99 Å². The van der Waals surface area contributed by atoms with Crippen LogP contribution in [0.4, 0.5) is 5.95 Å². The highest BCUT2D eigenvalue weighted by molar-refractivity contribution is 5.80. The smallest absolute Gasteiger partial charge is 0.332 e. The van der Waals surface area contributed by atoms with E-state index in [0.717, 1.165) is 20.7 Å². The number of fused-ring (bicyclic) bond motifs is 2. The number of rotatable bonds is 7. The molecule has 0 aliphatic heterocycles. The van der Waals surface area contributed by atoms with Crippen LogP contribution in [0.15, 0.2) is 39.1 Å². The highest BCUT2D eigenvalue weighted by atomic mass is 16.3. The Hall–Kier alpha value is -4.37. The fourth-order valence-corrected chi connectivity index (χ4v) is 3.78. The lowest BCUT2D eigenvalue weighted by Gasteiger charge is -2.13. The molecule has 3 heterocycles. The molecule has 12 heteroatoms. The normalized spacial score (nSPS) is 10.9. The Kier molecular flexibility index (Phi) is 6.20. The first-order chi connectivity index (χ1) is 16.4. The van der Waals surface area contributed by atoms with Crippen LogP contribution in [0.3, 0.4) is 0 Å². The number of aliphatic hydroxyl groups excluding tert-OH is 1. The summed E-state index contributed by atoms with van der Waals surface area (Å²) in [6.07, 6.45) is 0. The molecule has 174 valence electrons. The first kappa shape index (κ1) is 22.8. The second-order valence-electron chi connectivity index (χ2n) is 7.50. The Morgan fingerprint density at radius 1 is 1.15 bits per heavy atom. The lowest BCUT2D eigenvalue weighted by molar-refractivity contribution is 0.301. The second-order valence-corrected chi connectivity index (χ2v) is 7.50. The van der Waals surface area contributed by atoms with E-state index in [-0.39, 0.29) is 43.4 Å². The molecule has 0 fully saturated rings. The first-order valence-electron chi connectivity index (χ1n) is 10.4. The van der Waals surface area contributed by atoms with Crippen LogP contribution in [-0.4, -0.2) is 46.9 Å². The topological polar surface area (TPSA) is 140 Å². The zero-order chi connectivity index (χ0) is 24.4. The van der Waals surface area contributed by atoms with Gasteiger partial charge in [-0.15, -0.1) is 10.8 Å². The Labute approximate surface area is 193 Å². The van der Waals surface area contributed by atoms with Gasteiger partial charge in [0.2, 0.25) is 5.95 Å². The molecule has 1 N–H and O–H groups in total. The molecule has 0 aliphatic rings. The number of anilines is 1. The van der Waals surface area contributed by atoms with E-state index < -0.39 is 11.2 Å². The summed E-state index contributed by atoms with van der Waals surface area (Å²) >= 11 is 0. The van der Waals surface area contributed by atoms with Crippen molar-refractivity contribution in [2.24, 2.45) is 12.3 Å². The van der Waals surface area contributed by atoms with Gasteiger partial charge in [0.1, 0.15) is 5.82 Å². The van der Waals surface area contributed by atoms with Crippen molar-refractivity contribution in [3.8, 4) is 11.8 Å². The quantitative estimate of drug-likeness (QED) is 0.240. The number of aliphatic hydroxyl groups is 1. The number of benzene rings is 1. The lowest BCUT2D eigenvalue weighted by atomic mass is 10.2. The first-order valence-corrected chi connectivity index (χ1v) is 10.4. The minimum atomic E-state index is -0.626. The fraction of sp³-hybridized carbons (Fsp3) is 0.318. The van der Waals surface area contributed by atoms with Crippen molar-refractivity contribution in [2.75, 3.05) is 18.2 Å². The average molecular weight is 462 g/mol. The fourth-order valence-electron chi connectivity index (χ4n) is 3.78. The van der Waals surface area contributed by atoms with Gasteiger partial charge in [-0.3, -0.25) is 18.5 Å². The molecular weight excluding hydrogens is 440 g/mol. The summed E-state index contributed by atoms with van der Waals surface area (Å²) in [5.74, 6) is 5.89. The number of hydrogen-bond acceptors (Lipinski definition) is 8. The Bertz CT molecular complexity index is 1590. The maximum atomic E-state index is 13.5. The van der Waals surface area contributed by atoms with Crippen molar-refractivity contribution in [2.45, 2.75) is 26.9 Å². The van der Waals surface area contributed by atoms with Gasteiger partial charge in [-0.25, -0.2) is 14.8 Å². The van der Waals surface area contributed by atoms with E-state index in [1.807, 2.05) is 31.2 Å². The van der Waals surface area contributed by atoms with E-state index in [1.54, 1.807) is 6.92 Å². The molecule has 0 unspecified atom stereocenters. The molecule has 34 heavy (non-hydrogen) atoms. The van der Waals surface area contributed by atoms with Crippen LogP contribution in [0.1, 0.15) is 18.4 Å². The van der Waals surface area contributed by atoms with E-state index in [1.165, 1.54) is 16.2 Å². The molecule has 0 saturated carbocycles. The Morgan fingerprint density at radius 3 is 2.62 bits per heavy atom. The molecule has 0 saturated heterocycles. The number of nitrogens with zero attached hydrogens (tertiary/aromatic N) is 8. The van der Waals surface area contributed by atoms with Gasteiger partial charge in [-0.1, -0.05) is 24.1 Å². The van der Waals surface area contributed by atoms with Gasteiger partial charge in [-0.05, 0) is 19.9 Å². The van der Waals surface area contributed by atoms with Crippen molar-refractivity contribution < 1.29 is 5.11 Å². The zero-order valence-corrected chi connectivity index (χ0v) is 18.9. The van der Waals surface area contributed by atoms with Gasteiger partial charge in [0.15, 0.2) is 11.2 Å². The Balaban J connectivity index is 1.95. The molecule has 1 aromatic carbocycles. The largest absolute Gasteiger partial charge is 0.394 e. The molecule has 0 bridgehead atoms. The van der Waals surface area contributed by atoms with Crippen LogP contribution in [0, 0.1) is 23.7 Å². The summed E-state index contributed by atoms with van der Waals surface area (Å²) in [4.78, 5) is 51.3. The molecule has 0 amide bonds. The van der Waals surface area contributed by atoms with Crippen LogP contribution in [0.2, 0.25) is 0 Å². The molecule has 4 aromatic rings. The van der Waals surface area contributed by atoms with E-state index >= 15 is 0 Å². The third kappa shape index (κ3) is 3.82. The minimum Gasteiger partial charge on any atom is -0.394 e. The van der Waals surface area contributed by atoms with Gasteiger partial charge in [0.25, 0.3) is 5.56 Å². The second kappa shape index (κ2) is 9.24. The maximum Gasteiger partial charge on any atom is 0.332 e. The average Bonchev–Trinajstić information content (AvgIpc) is 3.22. The molecule has 3 aromatic heterocycles. The molecule has 0 radical (unpaired) electrons. The number of para-hydroxylation sites is 1. The van der Waals surface area contributed by atoms with Crippen LogP contribution < -0.4 is 16.3 Å². The van der Waals surface area contributed by atoms with E-state index in [9.17, 15) is 19.6 Å². The van der Waals surface area contributed by atoms with Gasteiger partial charge >= 0.3 is 5.69 Å². The predicted octanol–water partition coefficient (Wildman–Crippen LogP) is 0.700. The van der Waals surface area contributed by atoms with Crippen LogP contribution >= 0.6 is 0 Å². The monoisotopic (exact) mass is 462 g/mol. The zero-order valence-electron chi connectivity index (χ0n) is 18.9. The van der Waals surface area contributed by atoms with Gasteiger partial charge in [0.05, 0.1) is 37.0 Å². The highest BCUT2D eigenvalue weighted by Gasteiger charge is 2.24. The number of aromatic nitrogens is 6. The molecule has 0 spiro atoms. The summed E-state index contributed by atoms with van der Waals surface area (Å²) in [5.41, 5.74) is 0.341. The summed E-state index contributed by atoms with van der Waals surface area (Å²) in [6, 6.07) is 7.48. The van der Waals surface area contributed by atoms with E-state index in [4.69, 9.17) is 0 Å². The van der Waals surface area contributed by atoms with Crippen LogP contribution in [0.25, 0.3) is 22.1 Å². The third-order valence-electron chi connectivity index (χ3n) is 5.41. The molecule has 0 aliphatic carbocycles. The van der Waals surface area contributed by atoms with Crippen molar-refractivity contribution in [1.29, 1.82) is 0 Å². The number of aryl methyl sites for hydroxylation is 2. The van der Waals surface area contributed by atoms with Crippen molar-refractivity contribution in [1.82, 2.24) is 28.7 Å². The van der Waals surface area contributed by atoms with Gasteiger partial charge < -0.3 is 5.11 Å². The number of imidazole rings is 1. The standard InChI is InChI=1S/C22H22N8O4/c1-4-5-10-28-18-19(25-21(28)30(26-34)11-12-31)27(3)22(33)29(20(18)32)13-17-23-14(2)15-8-6-7-9-16(15)24-17/h6-9,31H,10-13H2,1-3H3. The van der Waals surface area contributed by atoms with Crippen LogP contribution in [-0.2, 0) is 20.1 Å². The Morgan fingerprint density at radius 2 is 1.91 bits per heavy atom. The van der Waals surface area contributed by atoms with Crippen molar-refractivity contribution in [3.05, 3.63) is 61.5 Å². The molecule has 0 atom stereocenters. The molecule has 4 rings (SSSR count). The van der Waals surface area contributed by atoms with E-state index in [0.29, 0.717) is 11.3 Å². The van der Waals surface area contributed by atoms with E-state index in [2.05, 4.69) is 32.1 Å². The van der Waals surface area contributed by atoms with Crippen molar-refractivity contribution >= 4 is 28.0 Å². The summed E-state index contributed by atoms with van der Waals surface area (Å²) in [6.45, 7) is 2.84. The van der Waals surface area contributed by atoms with Crippen LogP contribution in [0.5, 0.6) is 0 Å². The van der Waals surface area contributed by atoms with Crippen molar-refractivity contribution in [3.63, 3.8) is 0 Å². The summed E-state index contributed by atoms with van der Waals surface area (Å²) in [7, 11) is 1.48. The maximum absolute atomic E-state index is 13.5. The highest BCUT2D eigenvalue weighted by Crippen LogP contribution is 2.20. The summed E-state index contributed by atoms with van der Waals surface area (Å²) < 4.78 is 3.65. The predicted molar refractivity (Wildman–Crippen MR) is 126 cm³/mol. The summed E-state index contributed by atoms with van der Waals surface area (Å²) in [5, 5.41) is 14.0. The molecule has 12 nitrogen and oxygen atoms in total. The lowest BCUT2D eigenvalue weighted by Crippen LogP contribution is -2.40. The molecular formula is C22H22N8O4. The minimum absolute atomic E-state index is 0.00412. The number of hydrogen-bond donors (Lipinski definition) is 1. The number of nitroso groups, excluding NO2 is 1.